The molecule has 3 unspecified atom stereocenters. The SMILES string of the molecule is CCCCCCCCCCCCCCCCCC(=O)O[C@H](COC(=O)CCCCCCCCCC)COP(=O)(O)OC[C@H](O)COP(=O)(O)OC[C@@H](COC(=O)CCCCCCCCCCCCCCCCC(C)C)OC(=O)CCCCCCCCCCCCCCCCC(C)CC. The van der Waals surface area contributed by atoms with Gasteiger partial charge in [-0.15, -0.1) is 0 Å². The van der Waals surface area contributed by atoms with Crippen LogP contribution in [0.1, 0.15) is 414 Å². The van der Waals surface area contributed by atoms with Crippen LogP contribution in [0, 0.1) is 11.8 Å². The molecule has 0 radical (unpaired) electrons. The van der Waals surface area contributed by atoms with Crippen LogP contribution in [0.15, 0.2) is 0 Å². The second kappa shape index (κ2) is 70.7. The molecular formula is C79H154O17P2. The van der Waals surface area contributed by atoms with E-state index in [1.54, 1.807) is 0 Å². The Morgan fingerprint density at radius 1 is 0.296 bits per heavy atom. The van der Waals surface area contributed by atoms with E-state index in [1.807, 2.05) is 0 Å². The summed E-state index contributed by atoms with van der Waals surface area (Å²) in [6.45, 7) is 9.68. The van der Waals surface area contributed by atoms with Crippen LogP contribution in [0.3, 0.4) is 0 Å². The van der Waals surface area contributed by atoms with Crippen molar-refractivity contribution in [3.63, 3.8) is 0 Å². The smallest absolute Gasteiger partial charge is 0.462 e. The highest BCUT2D eigenvalue weighted by Gasteiger charge is 2.30. The van der Waals surface area contributed by atoms with Crippen LogP contribution in [0.5, 0.6) is 0 Å². The van der Waals surface area contributed by atoms with E-state index < -0.39 is 97.5 Å². The Bertz CT molecular complexity index is 1890. The van der Waals surface area contributed by atoms with Gasteiger partial charge in [0.15, 0.2) is 12.2 Å². The lowest BCUT2D eigenvalue weighted by Crippen LogP contribution is -2.30. The fourth-order valence-corrected chi connectivity index (χ4v) is 13.7. The molecule has 3 N–H and O–H groups in total. The van der Waals surface area contributed by atoms with Gasteiger partial charge in [0, 0.05) is 25.7 Å². The first kappa shape index (κ1) is 96.1. The fraction of sp³-hybridized carbons (Fsp3) is 0.949. The number of hydrogen-bond acceptors (Lipinski definition) is 15. The zero-order chi connectivity index (χ0) is 72.1. The molecule has 0 aliphatic rings. The summed E-state index contributed by atoms with van der Waals surface area (Å²) in [7, 11) is -9.91. The molecule has 0 aromatic carbocycles. The first-order chi connectivity index (χ1) is 47.4. The zero-order valence-corrected chi connectivity index (χ0v) is 65.9. The number of esters is 4. The van der Waals surface area contributed by atoms with E-state index in [0.717, 1.165) is 108 Å². The number of carbonyl (C=O) groups excluding carboxylic acids is 4. The number of phosphoric acid groups is 2. The summed E-state index contributed by atoms with van der Waals surface area (Å²) in [5, 5.41) is 10.6. The summed E-state index contributed by atoms with van der Waals surface area (Å²) in [6, 6.07) is 0. The quantitative estimate of drug-likeness (QED) is 0.0222. The number of phosphoric ester groups is 2. The number of ether oxygens (including phenoxy) is 4. The number of aliphatic hydroxyl groups is 1. The van der Waals surface area contributed by atoms with E-state index in [4.69, 9.17) is 37.0 Å². The molecule has 582 valence electrons. The molecule has 0 heterocycles. The third kappa shape index (κ3) is 71.1. The molecule has 19 heteroatoms. The molecule has 0 saturated carbocycles. The number of hydrogen-bond donors (Lipinski definition) is 3. The van der Waals surface area contributed by atoms with Crippen LogP contribution in [0.4, 0.5) is 0 Å². The monoisotopic (exact) mass is 1440 g/mol. The molecule has 98 heavy (non-hydrogen) atoms. The molecule has 0 rings (SSSR count). The Balaban J connectivity index is 5.21. The molecule has 0 saturated heterocycles. The van der Waals surface area contributed by atoms with Gasteiger partial charge in [-0.25, -0.2) is 9.13 Å². The van der Waals surface area contributed by atoms with E-state index in [9.17, 15) is 43.2 Å². The molecule has 0 spiro atoms. The number of unbranched alkanes of at least 4 members (excludes halogenated alkanes) is 47. The van der Waals surface area contributed by atoms with Crippen molar-refractivity contribution >= 4 is 39.5 Å². The van der Waals surface area contributed by atoms with Gasteiger partial charge in [0.25, 0.3) is 0 Å². The van der Waals surface area contributed by atoms with Gasteiger partial charge in [-0.3, -0.25) is 37.3 Å². The summed E-state index contributed by atoms with van der Waals surface area (Å²) in [5.41, 5.74) is 0. The van der Waals surface area contributed by atoms with Gasteiger partial charge in [0.05, 0.1) is 26.4 Å². The van der Waals surface area contributed by atoms with Crippen LogP contribution in [0.2, 0.25) is 0 Å². The number of carbonyl (C=O) groups is 4. The maximum Gasteiger partial charge on any atom is 0.472 e. The van der Waals surface area contributed by atoms with E-state index >= 15 is 0 Å². The Kier molecular flexibility index (Phi) is 69.3. The third-order valence-corrected chi connectivity index (χ3v) is 20.7. The molecule has 17 nitrogen and oxygen atoms in total. The van der Waals surface area contributed by atoms with Gasteiger partial charge in [-0.1, -0.05) is 363 Å². The Hall–Kier alpha value is -1.94. The fourth-order valence-electron chi connectivity index (χ4n) is 12.2. The first-order valence-electron chi connectivity index (χ1n) is 41.0. The number of aliphatic hydroxyl groups excluding tert-OH is 1. The van der Waals surface area contributed by atoms with Gasteiger partial charge >= 0.3 is 39.5 Å². The van der Waals surface area contributed by atoms with Crippen molar-refractivity contribution < 1.29 is 80.2 Å². The molecule has 0 aromatic rings. The van der Waals surface area contributed by atoms with Crippen LogP contribution >= 0.6 is 15.6 Å². The topological polar surface area (TPSA) is 237 Å². The van der Waals surface area contributed by atoms with Gasteiger partial charge in [-0.2, -0.15) is 0 Å². The Morgan fingerprint density at radius 3 is 0.776 bits per heavy atom. The van der Waals surface area contributed by atoms with Gasteiger partial charge in [0.1, 0.15) is 19.3 Å². The van der Waals surface area contributed by atoms with Crippen LogP contribution < -0.4 is 0 Å². The van der Waals surface area contributed by atoms with Crippen molar-refractivity contribution in [3.05, 3.63) is 0 Å². The summed E-state index contributed by atoms with van der Waals surface area (Å²) in [5.74, 6) is -0.467. The maximum atomic E-state index is 13.1. The van der Waals surface area contributed by atoms with Crippen molar-refractivity contribution in [1.82, 2.24) is 0 Å². The lowest BCUT2D eigenvalue weighted by atomic mass is 9.99. The minimum absolute atomic E-state index is 0.108. The maximum absolute atomic E-state index is 13.1. The van der Waals surface area contributed by atoms with Gasteiger partial charge in [-0.05, 0) is 37.5 Å². The minimum atomic E-state index is -4.96. The largest absolute Gasteiger partial charge is 0.472 e. The minimum Gasteiger partial charge on any atom is -0.462 e. The Morgan fingerprint density at radius 2 is 0.520 bits per heavy atom. The predicted molar refractivity (Wildman–Crippen MR) is 400 cm³/mol. The van der Waals surface area contributed by atoms with E-state index in [2.05, 4.69) is 41.5 Å². The summed E-state index contributed by atoms with van der Waals surface area (Å²) < 4.78 is 68.6. The molecule has 0 fully saturated rings. The van der Waals surface area contributed by atoms with Crippen LogP contribution in [-0.4, -0.2) is 96.7 Å². The van der Waals surface area contributed by atoms with E-state index in [0.29, 0.717) is 25.7 Å². The summed E-state index contributed by atoms with van der Waals surface area (Å²) >= 11 is 0. The van der Waals surface area contributed by atoms with Crippen molar-refractivity contribution in [2.75, 3.05) is 39.6 Å². The number of rotatable bonds is 78. The highest BCUT2D eigenvalue weighted by Crippen LogP contribution is 2.45. The van der Waals surface area contributed by atoms with Crippen LogP contribution in [-0.2, 0) is 65.4 Å². The zero-order valence-electron chi connectivity index (χ0n) is 64.1. The highest BCUT2D eigenvalue weighted by molar-refractivity contribution is 7.47. The highest BCUT2D eigenvalue weighted by atomic mass is 31.2. The molecule has 0 bridgehead atoms. The average Bonchev–Trinajstić information content (AvgIpc) is 1.07. The molecule has 0 aliphatic heterocycles. The average molecular weight is 1440 g/mol. The van der Waals surface area contributed by atoms with Crippen molar-refractivity contribution in [2.45, 2.75) is 432 Å². The third-order valence-electron chi connectivity index (χ3n) is 18.8. The molecule has 0 aromatic heterocycles. The lowest BCUT2D eigenvalue weighted by Gasteiger charge is -2.21. The van der Waals surface area contributed by atoms with Gasteiger partial charge < -0.3 is 33.8 Å². The van der Waals surface area contributed by atoms with E-state index in [1.165, 1.54) is 225 Å². The van der Waals surface area contributed by atoms with Crippen molar-refractivity contribution in [3.8, 4) is 0 Å². The second-order valence-corrected chi connectivity index (χ2v) is 32.1. The van der Waals surface area contributed by atoms with Crippen molar-refractivity contribution in [2.24, 2.45) is 11.8 Å². The van der Waals surface area contributed by atoms with Gasteiger partial charge in [0.2, 0.25) is 0 Å². The van der Waals surface area contributed by atoms with Crippen molar-refractivity contribution in [1.29, 1.82) is 0 Å². The van der Waals surface area contributed by atoms with E-state index in [-0.39, 0.29) is 25.7 Å². The molecule has 0 amide bonds. The Labute approximate surface area is 600 Å². The molecule has 0 aliphatic carbocycles. The predicted octanol–water partition coefficient (Wildman–Crippen LogP) is 23.5. The lowest BCUT2D eigenvalue weighted by molar-refractivity contribution is -0.161. The normalized spacial score (nSPS) is 14.2. The molecule has 6 atom stereocenters. The first-order valence-corrected chi connectivity index (χ1v) is 44.0. The standard InChI is InChI=1S/C79H154O17P2/c1-7-10-12-14-16-18-19-20-21-29-34-39-45-51-57-63-78(83)95-74(67-89-76(81)61-55-49-43-17-15-13-11-8-2)69-93-97(85,86)91-65-73(80)66-92-98(87,88)94-70-75(68-90-77(82)62-56-50-44-38-33-28-24-22-26-31-36-41-47-53-59-71(4)5)96-79(84)64-58-52-46-40-35-30-25-23-27-32-37-42-48-54-60-72(6)9-3/h71-75,80H,7-70H2,1-6H3,(H,85,86)(H,87,88)/t72?,73-,74+,75+/m0/s1. The summed E-state index contributed by atoms with van der Waals surface area (Å²) in [4.78, 5) is 72.9. The molecular weight excluding hydrogens is 1280 g/mol. The van der Waals surface area contributed by atoms with Crippen LogP contribution in [0.25, 0.3) is 0 Å². The second-order valence-electron chi connectivity index (χ2n) is 29.2. The summed E-state index contributed by atoms with van der Waals surface area (Å²) in [6.07, 6.45) is 59.6.